The van der Waals surface area contributed by atoms with Gasteiger partial charge < -0.3 is 9.84 Å². The van der Waals surface area contributed by atoms with Crippen molar-refractivity contribution < 1.29 is 29.2 Å². The number of ether oxygens (including phenoxy) is 1. The molecule has 0 aliphatic carbocycles. The molecule has 1 aromatic carbocycles. The molecule has 1 saturated heterocycles. The van der Waals surface area contributed by atoms with Crippen LogP contribution in [0, 0.1) is 10.1 Å². The summed E-state index contributed by atoms with van der Waals surface area (Å²) in [6.45, 7) is 2.70. The van der Waals surface area contributed by atoms with Gasteiger partial charge in [-0.2, -0.15) is 0 Å². The Morgan fingerprint density at radius 2 is 2.14 bits per heavy atom. The number of carbonyl (C=O) groups is 3. The minimum atomic E-state index is -0.695. The molecule has 2 amide bonds. The summed E-state index contributed by atoms with van der Waals surface area (Å²) in [6.07, 6.45) is 0.998. The van der Waals surface area contributed by atoms with E-state index in [0.717, 1.165) is 16.7 Å². The van der Waals surface area contributed by atoms with E-state index < -0.39 is 28.6 Å². The van der Waals surface area contributed by atoms with Crippen LogP contribution >= 0.6 is 23.5 Å². The van der Waals surface area contributed by atoms with Crippen LogP contribution in [-0.4, -0.2) is 57.1 Å². The quantitative estimate of drug-likeness (QED) is 0.219. The number of aliphatic hydroxyl groups is 1. The molecule has 1 fully saturated rings. The minimum absolute atomic E-state index is 0.0624. The highest BCUT2D eigenvalue weighted by molar-refractivity contribution is 8.18. The van der Waals surface area contributed by atoms with Crippen molar-refractivity contribution in [2.75, 3.05) is 18.9 Å². The third kappa shape index (κ3) is 5.57. The molecule has 150 valence electrons. The molecule has 0 atom stereocenters. The average molecular weight is 426 g/mol. The first kappa shape index (κ1) is 21.9. The summed E-state index contributed by atoms with van der Waals surface area (Å²) in [5.74, 6) is -1.04. The minimum Gasteiger partial charge on any atom is -0.462 e. The maximum Gasteiger partial charge on any atom is 0.326 e. The first-order valence-electron chi connectivity index (χ1n) is 8.20. The second-order valence-corrected chi connectivity index (χ2v) is 7.99. The number of carbonyl (C=O) groups excluding carboxylic acids is 3. The monoisotopic (exact) mass is 426 g/mol. The molecule has 0 aromatic heterocycles. The van der Waals surface area contributed by atoms with Crippen LogP contribution in [0.5, 0.6) is 0 Å². The van der Waals surface area contributed by atoms with Crippen LogP contribution in [0.25, 0.3) is 6.08 Å². The lowest BCUT2D eigenvalue weighted by Crippen LogP contribution is -2.35. The van der Waals surface area contributed by atoms with Crippen molar-refractivity contribution in [1.29, 1.82) is 0 Å². The van der Waals surface area contributed by atoms with Gasteiger partial charge in [0.1, 0.15) is 6.54 Å². The van der Waals surface area contributed by atoms with Crippen LogP contribution in [0.3, 0.4) is 0 Å². The smallest absolute Gasteiger partial charge is 0.326 e. The van der Waals surface area contributed by atoms with Gasteiger partial charge in [0.05, 0.1) is 27.4 Å². The Labute approximate surface area is 169 Å². The van der Waals surface area contributed by atoms with E-state index in [1.54, 1.807) is 19.9 Å². The summed E-state index contributed by atoms with van der Waals surface area (Å²) < 4.78 is 4.94. The van der Waals surface area contributed by atoms with Gasteiger partial charge >= 0.3 is 5.97 Å². The zero-order valence-electron chi connectivity index (χ0n) is 15.1. The number of benzene rings is 1. The van der Waals surface area contributed by atoms with Crippen molar-refractivity contribution in [2.24, 2.45) is 0 Å². The van der Waals surface area contributed by atoms with E-state index >= 15 is 0 Å². The van der Waals surface area contributed by atoms with E-state index in [2.05, 4.69) is 0 Å². The maximum atomic E-state index is 12.4. The van der Waals surface area contributed by atoms with Gasteiger partial charge in [0.15, 0.2) is 0 Å². The first-order chi connectivity index (χ1) is 13.2. The fraction of sp³-hybridized carbons (Fsp3) is 0.353. The predicted molar refractivity (Wildman–Crippen MR) is 105 cm³/mol. The van der Waals surface area contributed by atoms with E-state index in [9.17, 15) is 24.5 Å². The van der Waals surface area contributed by atoms with Crippen LogP contribution in [0.2, 0.25) is 0 Å². The van der Waals surface area contributed by atoms with Gasteiger partial charge in [-0.1, -0.05) is 6.07 Å². The van der Waals surface area contributed by atoms with Crippen LogP contribution in [0.15, 0.2) is 28.0 Å². The van der Waals surface area contributed by atoms with E-state index in [0.29, 0.717) is 28.0 Å². The van der Waals surface area contributed by atoms with E-state index in [-0.39, 0.29) is 23.3 Å². The Hall–Kier alpha value is -2.37. The zero-order valence-corrected chi connectivity index (χ0v) is 16.7. The molecule has 28 heavy (non-hydrogen) atoms. The average Bonchev–Trinajstić information content (AvgIpc) is 2.87. The van der Waals surface area contributed by atoms with Crippen molar-refractivity contribution in [3.05, 3.63) is 38.8 Å². The fourth-order valence-electron chi connectivity index (χ4n) is 2.26. The number of nitrogens with zero attached hydrogens (tertiary/aromatic N) is 2. The molecule has 0 radical (unpaired) electrons. The molecular weight excluding hydrogens is 408 g/mol. The van der Waals surface area contributed by atoms with Gasteiger partial charge in [-0.15, -0.1) is 11.8 Å². The molecular formula is C17H18N2O7S2. The van der Waals surface area contributed by atoms with Gasteiger partial charge in [-0.25, -0.2) is 0 Å². The first-order valence-corrected chi connectivity index (χ1v) is 10.00. The number of imide groups is 1. The van der Waals surface area contributed by atoms with Crippen LogP contribution in [0.4, 0.5) is 10.5 Å². The molecule has 1 N–H and O–H groups in total. The highest BCUT2D eigenvalue weighted by Crippen LogP contribution is 2.34. The number of hydrogen-bond donors (Lipinski definition) is 1. The number of aliphatic hydroxyl groups excluding tert-OH is 1. The fourth-order valence-corrected chi connectivity index (χ4v) is 3.86. The Bertz CT molecular complexity index is 839. The SMILES string of the molecule is CC(C)OC(=O)CN1C(=O)S/C(=C\c2ccc(SCCO)c([N+](=O)[O-])c2)C1=O. The normalized spacial score (nSPS) is 15.6. The van der Waals surface area contributed by atoms with Gasteiger partial charge in [0.2, 0.25) is 0 Å². The molecule has 2 rings (SSSR count). The molecule has 1 aliphatic heterocycles. The molecule has 0 bridgehead atoms. The number of nitro groups is 1. The van der Waals surface area contributed by atoms with E-state index in [1.807, 2.05) is 0 Å². The Morgan fingerprint density at radius 3 is 2.75 bits per heavy atom. The van der Waals surface area contributed by atoms with Crippen molar-refractivity contribution in [2.45, 2.75) is 24.8 Å². The highest BCUT2D eigenvalue weighted by Gasteiger charge is 2.36. The lowest BCUT2D eigenvalue weighted by Gasteiger charge is -2.13. The summed E-state index contributed by atoms with van der Waals surface area (Å²) in [5.41, 5.74) is 0.210. The number of nitro benzene ring substituents is 1. The van der Waals surface area contributed by atoms with Gasteiger partial charge in [-0.05, 0) is 43.3 Å². The second-order valence-electron chi connectivity index (χ2n) is 5.86. The maximum absolute atomic E-state index is 12.4. The van der Waals surface area contributed by atoms with Crippen LogP contribution < -0.4 is 0 Å². The Balaban J connectivity index is 2.22. The van der Waals surface area contributed by atoms with Crippen molar-refractivity contribution in [1.82, 2.24) is 4.90 Å². The van der Waals surface area contributed by atoms with Crippen molar-refractivity contribution in [3.8, 4) is 0 Å². The third-order valence-corrected chi connectivity index (χ3v) is 5.30. The lowest BCUT2D eigenvalue weighted by molar-refractivity contribution is -0.387. The Morgan fingerprint density at radius 1 is 1.43 bits per heavy atom. The molecule has 1 heterocycles. The zero-order chi connectivity index (χ0) is 20.8. The largest absolute Gasteiger partial charge is 0.462 e. The summed E-state index contributed by atoms with van der Waals surface area (Å²) >= 11 is 1.79. The third-order valence-electron chi connectivity index (χ3n) is 3.35. The molecule has 9 nitrogen and oxygen atoms in total. The number of hydrogen-bond acceptors (Lipinski definition) is 9. The topological polar surface area (TPSA) is 127 Å². The lowest BCUT2D eigenvalue weighted by atomic mass is 10.2. The highest BCUT2D eigenvalue weighted by atomic mass is 32.2. The van der Waals surface area contributed by atoms with Crippen molar-refractivity contribution in [3.63, 3.8) is 0 Å². The number of amides is 2. The second kappa shape index (κ2) is 9.71. The van der Waals surface area contributed by atoms with E-state index in [1.165, 1.54) is 18.2 Å². The number of esters is 1. The summed E-state index contributed by atoms with van der Waals surface area (Å²) in [4.78, 5) is 48.1. The van der Waals surface area contributed by atoms with Gasteiger partial charge in [-0.3, -0.25) is 29.4 Å². The summed E-state index contributed by atoms with van der Waals surface area (Å²) in [5, 5.41) is 19.5. The number of rotatable bonds is 8. The molecule has 11 heteroatoms. The van der Waals surface area contributed by atoms with Gasteiger partial charge in [0, 0.05) is 11.8 Å². The molecule has 0 unspecified atom stereocenters. The predicted octanol–water partition coefficient (Wildman–Crippen LogP) is 2.67. The van der Waals surface area contributed by atoms with Crippen LogP contribution in [-0.2, 0) is 14.3 Å². The Kier molecular flexibility index (Phi) is 7.61. The van der Waals surface area contributed by atoms with Crippen molar-refractivity contribution >= 4 is 52.4 Å². The summed E-state index contributed by atoms with van der Waals surface area (Å²) in [7, 11) is 0. The van der Waals surface area contributed by atoms with E-state index in [4.69, 9.17) is 9.84 Å². The van der Waals surface area contributed by atoms with Crippen LogP contribution in [0.1, 0.15) is 19.4 Å². The molecule has 1 aliphatic rings. The molecule has 0 saturated carbocycles. The number of thioether (sulfide) groups is 2. The molecule has 1 aromatic rings. The standard InChI is InChI=1S/C17H18N2O7S2/c1-10(2)26-15(21)9-18-16(22)14(28-17(18)23)8-11-3-4-13(27-6-5-20)12(7-11)19(24)25/h3-4,7-8,10,20H,5-6,9H2,1-2H3/b14-8-. The van der Waals surface area contributed by atoms with Gasteiger partial charge in [0.25, 0.3) is 16.8 Å². The molecule has 0 spiro atoms. The summed E-state index contributed by atoms with van der Waals surface area (Å²) in [6, 6.07) is 4.39.